The molecule has 0 aliphatic carbocycles. The van der Waals surface area contributed by atoms with Crippen molar-refractivity contribution in [3.63, 3.8) is 0 Å². The van der Waals surface area contributed by atoms with Crippen LogP contribution in [0, 0.1) is 5.92 Å². The zero-order valence-corrected chi connectivity index (χ0v) is 9.46. The maximum atomic E-state index is 2.28. The zero-order chi connectivity index (χ0) is 10.4. The minimum atomic E-state index is 0.656. The molecule has 0 N–H and O–H groups in total. The van der Waals surface area contributed by atoms with Crippen molar-refractivity contribution < 1.29 is 0 Å². The van der Waals surface area contributed by atoms with Crippen molar-refractivity contribution in [2.45, 2.75) is 33.6 Å². The summed E-state index contributed by atoms with van der Waals surface area (Å²) in [5.74, 6) is 0.656. The molecule has 76 valence electrons. The van der Waals surface area contributed by atoms with Gasteiger partial charge in [0.2, 0.25) is 0 Å². The van der Waals surface area contributed by atoms with Crippen LogP contribution in [0.25, 0.3) is 0 Å². The topological polar surface area (TPSA) is 0 Å². The molecule has 14 heavy (non-hydrogen) atoms. The average Bonchev–Trinajstić information content (AvgIpc) is 2.18. The van der Waals surface area contributed by atoms with Gasteiger partial charge in [-0.25, -0.2) is 0 Å². The second-order valence-corrected chi connectivity index (χ2v) is 4.00. The first-order valence-corrected chi connectivity index (χ1v) is 5.47. The van der Waals surface area contributed by atoms with E-state index in [2.05, 4.69) is 57.2 Å². The van der Waals surface area contributed by atoms with Crippen LogP contribution >= 0.6 is 0 Å². The van der Waals surface area contributed by atoms with Gasteiger partial charge in [0, 0.05) is 0 Å². The van der Waals surface area contributed by atoms with Gasteiger partial charge in [0.25, 0.3) is 0 Å². The molecule has 0 aliphatic rings. The summed E-state index contributed by atoms with van der Waals surface area (Å²) in [7, 11) is 0. The minimum Gasteiger partial charge on any atom is -0.0856 e. The summed E-state index contributed by atoms with van der Waals surface area (Å²) >= 11 is 0. The summed E-state index contributed by atoms with van der Waals surface area (Å²) in [6.07, 6.45) is 6.75. The Balaban J connectivity index is 2.66. The standard InChI is InChI=1S/C14H20/c1-4-13-9-5-6-10-14(13)11-7-8-12(2)3/h5-10,12H,4,11H2,1-3H3/b8-7+. The predicted octanol–water partition coefficient (Wildman–Crippen LogP) is 4.00. The predicted molar refractivity (Wildman–Crippen MR) is 63.5 cm³/mol. The fourth-order valence-corrected chi connectivity index (χ4v) is 1.57. The lowest BCUT2D eigenvalue weighted by Crippen LogP contribution is -1.90. The molecule has 0 spiro atoms. The van der Waals surface area contributed by atoms with Gasteiger partial charge in [-0.15, -0.1) is 0 Å². The van der Waals surface area contributed by atoms with Crippen molar-refractivity contribution in [3.05, 3.63) is 47.5 Å². The van der Waals surface area contributed by atoms with E-state index >= 15 is 0 Å². The third-order valence-corrected chi connectivity index (χ3v) is 2.36. The SMILES string of the molecule is CCc1ccccc1C/C=C/C(C)C. The fraction of sp³-hybridized carbons (Fsp3) is 0.429. The van der Waals surface area contributed by atoms with Gasteiger partial charge < -0.3 is 0 Å². The molecule has 0 saturated heterocycles. The van der Waals surface area contributed by atoms with Crippen molar-refractivity contribution in [1.29, 1.82) is 0 Å². The Morgan fingerprint density at radius 1 is 1.14 bits per heavy atom. The Morgan fingerprint density at radius 2 is 1.79 bits per heavy atom. The monoisotopic (exact) mass is 188 g/mol. The summed E-state index contributed by atoms with van der Waals surface area (Å²) in [4.78, 5) is 0. The molecule has 0 fully saturated rings. The van der Waals surface area contributed by atoms with Gasteiger partial charge in [0.05, 0.1) is 0 Å². The van der Waals surface area contributed by atoms with Crippen molar-refractivity contribution in [1.82, 2.24) is 0 Å². The molecular weight excluding hydrogens is 168 g/mol. The third kappa shape index (κ3) is 3.37. The maximum absolute atomic E-state index is 2.28. The van der Waals surface area contributed by atoms with Crippen LogP contribution in [0.5, 0.6) is 0 Å². The van der Waals surface area contributed by atoms with E-state index in [1.165, 1.54) is 11.1 Å². The lowest BCUT2D eigenvalue weighted by molar-refractivity contribution is 0.827. The highest BCUT2D eigenvalue weighted by molar-refractivity contribution is 5.28. The van der Waals surface area contributed by atoms with E-state index < -0.39 is 0 Å². The van der Waals surface area contributed by atoms with Crippen LogP contribution in [0.4, 0.5) is 0 Å². The van der Waals surface area contributed by atoms with E-state index in [1.807, 2.05) is 0 Å². The highest BCUT2D eigenvalue weighted by Gasteiger charge is 1.96. The summed E-state index contributed by atoms with van der Waals surface area (Å²) < 4.78 is 0. The molecule has 0 aliphatic heterocycles. The van der Waals surface area contributed by atoms with E-state index in [0.29, 0.717) is 5.92 Å². The first kappa shape index (κ1) is 11.0. The molecule has 0 heterocycles. The summed E-state index contributed by atoms with van der Waals surface area (Å²) in [6.45, 7) is 6.63. The molecule has 1 aromatic carbocycles. The van der Waals surface area contributed by atoms with Crippen LogP contribution in [-0.2, 0) is 12.8 Å². The van der Waals surface area contributed by atoms with E-state index in [1.54, 1.807) is 0 Å². The highest BCUT2D eigenvalue weighted by atomic mass is 14.0. The maximum Gasteiger partial charge on any atom is -0.00946 e. The van der Waals surface area contributed by atoms with Gasteiger partial charge in [0.1, 0.15) is 0 Å². The molecule has 0 heteroatoms. The van der Waals surface area contributed by atoms with E-state index in [9.17, 15) is 0 Å². The first-order valence-electron chi connectivity index (χ1n) is 5.47. The van der Waals surface area contributed by atoms with Crippen molar-refractivity contribution in [2.75, 3.05) is 0 Å². The van der Waals surface area contributed by atoms with E-state index in [0.717, 1.165) is 12.8 Å². The fourth-order valence-electron chi connectivity index (χ4n) is 1.57. The number of hydrogen-bond donors (Lipinski definition) is 0. The average molecular weight is 188 g/mol. The quantitative estimate of drug-likeness (QED) is 0.626. The first-order chi connectivity index (χ1) is 6.74. The Morgan fingerprint density at radius 3 is 2.36 bits per heavy atom. The number of hydrogen-bond acceptors (Lipinski definition) is 0. The summed E-state index contributed by atoms with van der Waals surface area (Å²) in [5, 5.41) is 0. The van der Waals surface area contributed by atoms with Crippen LogP contribution in [0.3, 0.4) is 0 Å². The van der Waals surface area contributed by atoms with Crippen LogP contribution in [-0.4, -0.2) is 0 Å². The third-order valence-electron chi connectivity index (χ3n) is 2.36. The van der Waals surface area contributed by atoms with Crippen LogP contribution < -0.4 is 0 Å². The molecule has 0 radical (unpaired) electrons. The summed E-state index contributed by atoms with van der Waals surface area (Å²) in [5.41, 5.74) is 2.94. The Hall–Kier alpha value is -1.04. The molecule has 0 atom stereocenters. The molecule has 1 aromatic rings. The van der Waals surface area contributed by atoms with Gasteiger partial charge >= 0.3 is 0 Å². The zero-order valence-electron chi connectivity index (χ0n) is 9.46. The minimum absolute atomic E-state index is 0.656. The Labute approximate surface area is 87.7 Å². The van der Waals surface area contributed by atoms with Gasteiger partial charge in [-0.3, -0.25) is 0 Å². The van der Waals surface area contributed by atoms with Crippen molar-refractivity contribution in [2.24, 2.45) is 5.92 Å². The van der Waals surface area contributed by atoms with E-state index in [-0.39, 0.29) is 0 Å². The Kier molecular flexibility index (Phi) is 4.45. The molecule has 0 amide bonds. The molecule has 1 rings (SSSR count). The van der Waals surface area contributed by atoms with Crippen LogP contribution in [0.1, 0.15) is 31.9 Å². The molecule has 0 unspecified atom stereocenters. The van der Waals surface area contributed by atoms with Gasteiger partial charge in [-0.05, 0) is 29.9 Å². The van der Waals surface area contributed by atoms with Crippen molar-refractivity contribution >= 4 is 0 Å². The highest BCUT2D eigenvalue weighted by Crippen LogP contribution is 2.11. The molecule has 0 nitrogen and oxygen atoms in total. The summed E-state index contributed by atoms with van der Waals surface area (Å²) in [6, 6.07) is 8.69. The second-order valence-electron chi connectivity index (χ2n) is 4.00. The molecule has 0 saturated carbocycles. The van der Waals surface area contributed by atoms with Gasteiger partial charge in [-0.2, -0.15) is 0 Å². The Bertz CT molecular complexity index is 295. The molecule has 0 bridgehead atoms. The van der Waals surface area contributed by atoms with Gasteiger partial charge in [-0.1, -0.05) is 57.2 Å². The van der Waals surface area contributed by atoms with Gasteiger partial charge in [0.15, 0.2) is 0 Å². The second kappa shape index (κ2) is 5.64. The molecular formula is C14H20. The molecule has 0 aromatic heterocycles. The number of benzene rings is 1. The van der Waals surface area contributed by atoms with Crippen molar-refractivity contribution in [3.8, 4) is 0 Å². The number of allylic oxidation sites excluding steroid dienone is 2. The number of aryl methyl sites for hydroxylation is 1. The van der Waals surface area contributed by atoms with Crippen LogP contribution in [0.2, 0.25) is 0 Å². The van der Waals surface area contributed by atoms with Crippen LogP contribution in [0.15, 0.2) is 36.4 Å². The van der Waals surface area contributed by atoms with E-state index in [4.69, 9.17) is 0 Å². The smallest absolute Gasteiger partial charge is 0.00946 e. The lowest BCUT2D eigenvalue weighted by Gasteiger charge is -2.04. The normalized spacial score (nSPS) is 11.4. The number of rotatable bonds is 4. The lowest BCUT2D eigenvalue weighted by atomic mass is 10.0. The largest absolute Gasteiger partial charge is 0.0856 e.